The number of ether oxygens (including phenoxy) is 1. The van der Waals surface area contributed by atoms with E-state index in [1.165, 1.54) is 6.92 Å². The molecule has 0 radical (unpaired) electrons. The lowest BCUT2D eigenvalue weighted by atomic mass is 10.0. The number of aliphatic imine (C=N–C) groups is 1. The molecule has 1 aromatic rings. The van der Waals surface area contributed by atoms with Gasteiger partial charge in [0.25, 0.3) is 0 Å². The van der Waals surface area contributed by atoms with Gasteiger partial charge in [-0.25, -0.2) is 9.59 Å². The minimum atomic E-state index is -1.58. The van der Waals surface area contributed by atoms with E-state index in [2.05, 4.69) is 26.3 Å². The number of aliphatic hydroxyl groups excluding tert-OH is 1. The number of carboxylic acids is 1. The average molecular weight is 566 g/mol. The number of hydrogen-bond donors (Lipinski definition) is 8. The molecule has 0 heterocycles. The van der Waals surface area contributed by atoms with Gasteiger partial charge in [-0.2, -0.15) is 0 Å². The summed E-state index contributed by atoms with van der Waals surface area (Å²) in [6.45, 7) is 4.05. The second-order valence-electron chi connectivity index (χ2n) is 9.25. The Morgan fingerprint density at radius 3 is 2.08 bits per heavy atom. The molecule has 0 saturated carbocycles. The topological polar surface area (TPSA) is 248 Å². The zero-order valence-electron chi connectivity index (χ0n) is 22.8. The lowest BCUT2D eigenvalue weighted by Crippen LogP contribution is -2.58. The van der Waals surface area contributed by atoms with Gasteiger partial charge in [0, 0.05) is 6.54 Å². The standard InChI is InChI=1S/C25H39N7O8/c1-14(2)19(32-25(39)40-13-16-8-5-4-6-9-16)22(36)29-15(3)20(34)30-17(10-7-11-28-24(26)27)21(35)31-18(12-33)23(37)38/h4-6,8-9,14-15,17-19,33H,7,10-13H2,1-3H3,(H,29,36)(H,30,34)(H,31,35)(H,32,39)(H,37,38)(H4,26,27,28)/t15-,17-,18-,19?/m0/s1. The zero-order chi connectivity index (χ0) is 30.2. The summed E-state index contributed by atoms with van der Waals surface area (Å²) >= 11 is 0. The number of alkyl carbamates (subject to hydrolysis) is 1. The van der Waals surface area contributed by atoms with Gasteiger partial charge in [0.15, 0.2) is 5.96 Å². The number of nitrogens with two attached hydrogens (primary N) is 2. The molecule has 4 amide bonds. The van der Waals surface area contributed by atoms with Crippen LogP contribution in [0.1, 0.15) is 39.2 Å². The highest BCUT2D eigenvalue weighted by molar-refractivity contribution is 5.94. The van der Waals surface area contributed by atoms with E-state index >= 15 is 0 Å². The number of nitrogens with zero attached hydrogens (tertiary/aromatic N) is 1. The smallest absolute Gasteiger partial charge is 0.408 e. The number of carboxylic acid groups (broad SMARTS) is 1. The van der Waals surface area contributed by atoms with E-state index in [1.807, 2.05) is 6.07 Å². The van der Waals surface area contributed by atoms with Crippen LogP contribution < -0.4 is 32.7 Å². The van der Waals surface area contributed by atoms with Crippen LogP contribution in [0.2, 0.25) is 0 Å². The molecule has 0 aliphatic carbocycles. The quantitative estimate of drug-likeness (QED) is 0.0657. The first-order valence-electron chi connectivity index (χ1n) is 12.6. The Kier molecular flexibility index (Phi) is 14.5. The first-order valence-corrected chi connectivity index (χ1v) is 12.6. The van der Waals surface area contributed by atoms with Gasteiger partial charge < -0.3 is 47.7 Å². The molecule has 0 spiro atoms. The Hall–Kier alpha value is -4.40. The van der Waals surface area contributed by atoms with Gasteiger partial charge in [0.2, 0.25) is 17.7 Å². The van der Waals surface area contributed by atoms with Crippen LogP contribution >= 0.6 is 0 Å². The Labute approximate surface area is 232 Å². The third-order valence-corrected chi connectivity index (χ3v) is 5.56. The fraction of sp³-hybridized carbons (Fsp3) is 0.520. The molecule has 1 unspecified atom stereocenters. The summed E-state index contributed by atoms with van der Waals surface area (Å²) < 4.78 is 5.17. The molecule has 0 aliphatic rings. The first-order chi connectivity index (χ1) is 18.8. The molecule has 15 heteroatoms. The highest BCUT2D eigenvalue weighted by Gasteiger charge is 2.30. The molecule has 0 saturated heterocycles. The molecule has 0 aromatic heterocycles. The third-order valence-electron chi connectivity index (χ3n) is 5.56. The van der Waals surface area contributed by atoms with Crippen molar-refractivity contribution in [2.45, 2.75) is 64.4 Å². The molecule has 222 valence electrons. The summed E-state index contributed by atoms with van der Waals surface area (Å²) in [6.07, 6.45) is -0.543. The van der Waals surface area contributed by atoms with Crippen molar-refractivity contribution in [1.82, 2.24) is 21.3 Å². The molecule has 10 N–H and O–H groups in total. The van der Waals surface area contributed by atoms with Gasteiger partial charge in [-0.1, -0.05) is 44.2 Å². The largest absolute Gasteiger partial charge is 0.480 e. The van der Waals surface area contributed by atoms with E-state index in [4.69, 9.17) is 21.3 Å². The number of guanidine groups is 1. The number of aliphatic carboxylic acids is 1. The molecular weight excluding hydrogens is 526 g/mol. The fourth-order valence-electron chi connectivity index (χ4n) is 3.32. The summed E-state index contributed by atoms with van der Waals surface area (Å²) in [4.78, 5) is 65.7. The predicted molar refractivity (Wildman–Crippen MR) is 144 cm³/mol. The monoisotopic (exact) mass is 565 g/mol. The maximum Gasteiger partial charge on any atom is 0.408 e. The number of carbonyl (C=O) groups is 5. The minimum Gasteiger partial charge on any atom is -0.480 e. The molecule has 15 nitrogen and oxygen atoms in total. The summed E-state index contributed by atoms with van der Waals surface area (Å²) in [7, 11) is 0. The molecule has 1 rings (SSSR count). The van der Waals surface area contributed by atoms with Crippen LogP contribution in [-0.2, 0) is 30.5 Å². The van der Waals surface area contributed by atoms with E-state index in [-0.39, 0.29) is 37.9 Å². The van der Waals surface area contributed by atoms with Crippen molar-refractivity contribution in [2.24, 2.45) is 22.4 Å². The minimum absolute atomic E-state index is 0.00354. The zero-order valence-corrected chi connectivity index (χ0v) is 22.8. The number of benzene rings is 1. The van der Waals surface area contributed by atoms with Gasteiger partial charge in [0.1, 0.15) is 30.8 Å². The van der Waals surface area contributed by atoms with Gasteiger partial charge in [-0.05, 0) is 31.2 Å². The van der Waals surface area contributed by atoms with Gasteiger partial charge >= 0.3 is 12.1 Å². The highest BCUT2D eigenvalue weighted by Crippen LogP contribution is 2.06. The Morgan fingerprint density at radius 2 is 1.52 bits per heavy atom. The van der Waals surface area contributed by atoms with Gasteiger partial charge in [-0.15, -0.1) is 0 Å². The lowest BCUT2D eigenvalue weighted by Gasteiger charge is -2.25. The van der Waals surface area contributed by atoms with Crippen molar-refractivity contribution in [1.29, 1.82) is 0 Å². The van der Waals surface area contributed by atoms with E-state index in [9.17, 15) is 29.1 Å². The van der Waals surface area contributed by atoms with Crippen molar-refractivity contribution in [3.8, 4) is 0 Å². The summed E-state index contributed by atoms with van der Waals surface area (Å²) in [5, 5.41) is 27.9. The number of hydrogen-bond acceptors (Lipinski definition) is 8. The number of rotatable bonds is 16. The normalized spacial score (nSPS) is 13.6. The van der Waals surface area contributed by atoms with Crippen LogP contribution in [0.4, 0.5) is 4.79 Å². The van der Waals surface area contributed by atoms with E-state index in [0.29, 0.717) is 0 Å². The number of aliphatic hydroxyl groups is 1. The van der Waals surface area contributed by atoms with E-state index < -0.39 is 60.6 Å². The van der Waals surface area contributed by atoms with Crippen LogP contribution in [-0.4, -0.2) is 83.3 Å². The van der Waals surface area contributed by atoms with Gasteiger partial charge in [-0.3, -0.25) is 19.4 Å². The maximum atomic E-state index is 12.9. The molecule has 0 fully saturated rings. The van der Waals surface area contributed by atoms with Crippen molar-refractivity contribution in [3.05, 3.63) is 35.9 Å². The summed E-state index contributed by atoms with van der Waals surface area (Å²) in [5.41, 5.74) is 11.3. The second-order valence-corrected chi connectivity index (χ2v) is 9.25. The Bertz CT molecular complexity index is 1030. The second kappa shape index (κ2) is 17.2. The summed E-state index contributed by atoms with van der Waals surface area (Å²) in [5.74, 6) is -4.25. The molecular formula is C25H39N7O8. The molecule has 4 atom stereocenters. The van der Waals surface area contributed by atoms with Crippen LogP contribution in [0.3, 0.4) is 0 Å². The highest BCUT2D eigenvalue weighted by atomic mass is 16.5. The van der Waals surface area contributed by atoms with Crippen LogP contribution in [0.15, 0.2) is 35.3 Å². The van der Waals surface area contributed by atoms with Crippen molar-refractivity contribution >= 4 is 35.7 Å². The van der Waals surface area contributed by atoms with Crippen LogP contribution in [0.5, 0.6) is 0 Å². The first kappa shape index (κ1) is 33.6. The molecule has 0 aliphatic heterocycles. The van der Waals surface area contributed by atoms with Gasteiger partial charge in [0.05, 0.1) is 6.61 Å². The number of amides is 4. The molecule has 0 bridgehead atoms. The number of carbonyl (C=O) groups excluding carboxylic acids is 4. The average Bonchev–Trinajstić information content (AvgIpc) is 2.90. The van der Waals surface area contributed by atoms with Crippen molar-refractivity contribution in [3.63, 3.8) is 0 Å². The van der Waals surface area contributed by atoms with Crippen LogP contribution in [0.25, 0.3) is 0 Å². The Balaban J connectivity index is 2.81. The SMILES string of the molecule is CC(C)C(NC(=O)OCc1ccccc1)C(=O)N[C@@H](C)C(=O)N[C@@H](CCCN=C(N)N)C(=O)N[C@@H](CO)C(=O)O. The van der Waals surface area contributed by atoms with Crippen molar-refractivity contribution < 1.29 is 38.9 Å². The molecule has 40 heavy (non-hydrogen) atoms. The van der Waals surface area contributed by atoms with Crippen molar-refractivity contribution in [2.75, 3.05) is 13.2 Å². The van der Waals surface area contributed by atoms with E-state index in [1.54, 1.807) is 38.1 Å². The Morgan fingerprint density at radius 1 is 0.900 bits per heavy atom. The van der Waals surface area contributed by atoms with E-state index in [0.717, 1.165) is 5.56 Å². The fourth-order valence-corrected chi connectivity index (χ4v) is 3.32. The maximum absolute atomic E-state index is 12.9. The predicted octanol–water partition coefficient (Wildman–Crippen LogP) is -1.46. The third kappa shape index (κ3) is 12.4. The lowest BCUT2D eigenvalue weighted by molar-refractivity contribution is -0.143. The number of nitrogens with one attached hydrogen (secondary N) is 4. The van der Waals surface area contributed by atoms with Crippen LogP contribution in [0, 0.1) is 5.92 Å². The molecule has 1 aromatic carbocycles. The summed E-state index contributed by atoms with van der Waals surface area (Å²) in [6, 6.07) is 3.99.